The van der Waals surface area contributed by atoms with Gasteiger partial charge >= 0.3 is 0 Å². The van der Waals surface area contributed by atoms with Gasteiger partial charge in [0.05, 0.1) is 6.04 Å². The molecule has 1 aromatic rings. The molecule has 2 aliphatic rings. The molecule has 1 aliphatic carbocycles. The Labute approximate surface area is 104 Å². The summed E-state index contributed by atoms with van der Waals surface area (Å²) in [7, 11) is 0. The zero-order chi connectivity index (χ0) is 11.8. The van der Waals surface area contributed by atoms with Crippen LogP contribution in [0.5, 0.6) is 0 Å². The molecule has 5 nitrogen and oxygen atoms in total. The predicted octanol–water partition coefficient (Wildman–Crippen LogP) is 1.17. The Bertz CT molecular complexity index is 433. The van der Waals surface area contributed by atoms with E-state index in [1.165, 1.54) is 30.6 Å². The number of hydrogen-bond acceptors (Lipinski definition) is 5. The molecule has 0 aromatic carbocycles. The number of hydrogen-bond donors (Lipinski definition) is 2. The van der Waals surface area contributed by atoms with Crippen molar-refractivity contribution in [2.75, 3.05) is 11.9 Å². The molecule has 3 atom stereocenters. The van der Waals surface area contributed by atoms with E-state index in [1.807, 2.05) is 6.92 Å². The summed E-state index contributed by atoms with van der Waals surface area (Å²) in [5.41, 5.74) is 0. The van der Waals surface area contributed by atoms with Gasteiger partial charge in [0, 0.05) is 0 Å². The zero-order valence-corrected chi connectivity index (χ0v) is 10.6. The van der Waals surface area contributed by atoms with Crippen LogP contribution in [0.3, 0.4) is 0 Å². The van der Waals surface area contributed by atoms with Gasteiger partial charge in [0.1, 0.15) is 5.01 Å². The van der Waals surface area contributed by atoms with E-state index in [9.17, 15) is 4.79 Å². The van der Waals surface area contributed by atoms with Gasteiger partial charge in [-0.05, 0) is 38.1 Å². The van der Waals surface area contributed by atoms with Gasteiger partial charge in [-0.2, -0.15) is 0 Å². The molecule has 92 valence electrons. The second-order valence-corrected chi connectivity index (χ2v) is 6.04. The second kappa shape index (κ2) is 4.34. The molecule has 1 aromatic heterocycles. The van der Waals surface area contributed by atoms with Gasteiger partial charge in [0.2, 0.25) is 11.0 Å². The first kappa shape index (κ1) is 11.1. The van der Waals surface area contributed by atoms with Crippen molar-refractivity contribution in [2.24, 2.45) is 11.8 Å². The summed E-state index contributed by atoms with van der Waals surface area (Å²) in [5.74, 6) is 1.27. The van der Waals surface area contributed by atoms with Crippen molar-refractivity contribution in [3.63, 3.8) is 0 Å². The maximum atomic E-state index is 12.1. The van der Waals surface area contributed by atoms with E-state index in [0.717, 1.165) is 11.6 Å². The highest BCUT2D eigenvalue weighted by Crippen LogP contribution is 2.38. The highest BCUT2D eigenvalue weighted by Gasteiger charge is 2.42. The highest BCUT2D eigenvalue weighted by molar-refractivity contribution is 7.15. The van der Waals surface area contributed by atoms with Gasteiger partial charge in [0.15, 0.2) is 0 Å². The summed E-state index contributed by atoms with van der Waals surface area (Å²) >= 11 is 1.42. The van der Waals surface area contributed by atoms with Gasteiger partial charge in [0.25, 0.3) is 0 Å². The predicted molar refractivity (Wildman–Crippen MR) is 65.9 cm³/mol. The van der Waals surface area contributed by atoms with E-state index in [-0.39, 0.29) is 11.9 Å². The highest BCUT2D eigenvalue weighted by atomic mass is 32.1. The van der Waals surface area contributed by atoms with Crippen molar-refractivity contribution in [3.05, 3.63) is 5.01 Å². The van der Waals surface area contributed by atoms with Crippen LogP contribution in [0.4, 0.5) is 5.13 Å². The fourth-order valence-electron chi connectivity index (χ4n) is 3.00. The van der Waals surface area contributed by atoms with Crippen LogP contribution < -0.4 is 10.6 Å². The first-order valence-electron chi connectivity index (χ1n) is 6.08. The molecule has 0 bridgehead atoms. The van der Waals surface area contributed by atoms with E-state index in [0.29, 0.717) is 17.0 Å². The maximum Gasteiger partial charge on any atom is 0.243 e. The van der Waals surface area contributed by atoms with E-state index in [1.54, 1.807) is 0 Å². The number of nitrogens with zero attached hydrogens (tertiary/aromatic N) is 2. The van der Waals surface area contributed by atoms with Gasteiger partial charge in [-0.25, -0.2) is 0 Å². The van der Waals surface area contributed by atoms with Crippen LogP contribution in [0.1, 0.15) is 24.3 Å². The van der Waals surface area contributed by atoms with Crippen LogP contribution in [0.25, 0.3) is 0 Å². The van der Waals surface area contributed by atoms with Crippen molar-refractivity contribution < 1.29 is 4.79 Å². The number of carbonyl (C=O) groups excluding carboxylic acids is 1. The van der Waals surface area contributed by atoms with Gasteiger partial charge in [-0.3, -0.25) is 10.1 Å². The Morgan fingerprint density at radius 2 is 2.35 bits per heavy atom. The molecule has 1 amide bonds. The average Bonchev–Trinajstić information content (AvgIpc) is 2.93. The van der Waals surface area contributed by atoms with E-state index in [4.69, 9.17) is 0 Å². The van der Waals surface area contributed by atoms with Crippen molar-refractivity contribution in [1.29, 1.82) is 0 Å². The summed E-state index contributed by atoms with van der Waals surface area (Å²) in [6.07, 6.45) is 3.70. The average molecular weight is 252 g/mol. The molecule has 1 saturated heterocycles. The topological polar surface area (TPSA) is 66.9 Å². The van der Waals surface area contributed by atoms with Crippen molar-refractivity contribution in [3.8, 4) is 0 Å². The quantitative estimate of drug-likeness (QED) is 0.829. The molecular weight excluding hydrogens is 236 g/mol. The molecule has 17 heavy (non-hydrogen) atoms. The molecule has 0 spiro atoms. The first-order valence-corrected chi connectivity index (χ1v) is 6.90. The molecule has 3 rings (SSSR count). The Kier molecular flexibility index (Phi) is 2.84. The summed E-state index contributed by atoms with van der Waals surface area (Å²) in [4.78, 5) is 12.1. The first-order chi connectivity index (χ1) is 8.24. The minimum atomic E-state index is -0.0355. The lowest BCUT2D eigenvalue weighted by Crippen LogP contribution is -2.39. The van der Waals surface area contributed by atoms with Crippen molar-refractivity contribution in [1.82, 2.24) is 15.5 Å². The minimum Gasteiger partial charge on any atom is -0.305 e. The Morgan fingerprint density at radius 3 is 3.12 bits per heavy atom. The van der Waals surface area contributed by atoms with Crippen LogP contribution in [-0.4, -0.2) is 28.7 Å². The standard InChI is InChI=1S/C11H16N4OS/c1-6-14-15-11(17-6)13-10(16)9-8-4-2-3-7(8)5-12-9/h7-9,12H,2-5H2,1H3,(H,13,15,16). The number of aryl methyl sites for hydroxylation is 1. The van der Waals surface area contributed by atoms with Crippen LogP contribution in [0.15, 0.2) is 0 Å². The summed E-state index contributed by atoms with van der Waals surface area (Å²) < 4.78 is 0. The third kappa shape index (κ3) is 2.07. The number of rotatable bonds is 2. The Morgan fingerprint density at radius 1 is 1.47 bits per heavy atom. The smallest absolute Gasteiger partial charge is 0.243 e. The lowest BCUT2D eigenvalue weighted by Gasteiger charge is -2.16. The molecule has 3 unspecified atom stereocenters. The summed E-state index contributed by atoms with van der Waals surface area (Å²) in [5, 5.41) is 15.5. The molecule has 6 heteroatoms. The summed E-state index contributed by atoms with van der Waals surface area (Å²) in [6.45, 7) is 2.87. The van der Waals surface area contributed by atoms with Crippen LogP contribution in [0.2, 0.25) is 0 Å². The fourth-order valence-corrected chi connectivity index (χ4v) is 3.60. The fraction of sp³-hybridized carbons (Fsp3) is 0.727. The third-order valence-corrected chi connectivity index (χ3v) is 4.54. The molecule has 2 fully saturated rings. The van der Waals surface area contributed by atoms with Crippen LogP contribution in [0, 0.1) is 18.8 Å². The molecule has 2 heterocycles. The Balaban J connectivity index is 1.66. The van der Waals surface area contributed by atoms with Crippen molar-refractivity contribution in [2.45, 2.75) is 32.2 Å². The number of aromatic nitrogens is 2. The molecule has 1 aliphatic heterocycles. The van der Waals surface area contributed by atoms with Crippen LogP contribution >= 0.6 is 11.3 Å². The Hall–Kier alpha value is -1.01. The van der Waals surface area contributed by atoms with Crippen molar-refractivity contribution >= 4 is 22.4 Å². The summed E-state index contributed by atoms with van der Waals surface area (Å²) in [6, 6.07) is -0.0355. The largest absolute Gasteiger partial charge is 0.305 e. The number of fused-ring (bicyclic) bond motifs is 1. The second-order valence-electron chi connectivity index (χ2n) is 4.86. The molecule has 2 N–H and O–H groups in total. The van der Waals surface area contributed by atoms with E-state index >= 15 is 0 Å². The minimum absolute atomic E-state index is 0.0355. The van der Waals surface area contributed by atoms with E-state index < -0.39 is 0 Å². The van der Waals surface area contributed by atoms with Gasteiger partial charge < -0.3 is 5.32 Å². The molecule has 0 radical (unpaired) electrons. The zero-order valence-electron chi connectivity index (χ0n) is 9.77. The molecule has 1 saturated carbocycles. The number of anilines is 1. The number of amides is 1. The number of nitrogens with one attached hydrogen (secondary N) is 2. The maximum absolute atomic E-state index is 12.1. The normalized spacial score (nSPS) is 31.5. The van der Waals surface area contributed by atoms with E-state index in [2.05, 4.69) is 20.8 Å². The lowest BCUT2D eigenvalue weighted by molar-refractivity contribution is -0.118. The third-order valence-electron chi connectivity index (χ3n) is 3.78. The monoisotopic (exact) mass is 252 g/mol. The van der Waals surface area contributed by atoms with Gasteiger partial charge in [-0.1, -0.05) is 17.8 Å². The lowest BCUT2D eigenvalue weighted by atomic mass is 9.94. The molecular formula is C11H16N4OS. The SMILES string of the molecule is Cc1nnc(NC(=O)C2NCC3CCCC32)s1. The van der Waals surface area contributed by atoms with Crippen LogP contribution in [-0.2, 0) is 4.79 Å². The van der Waals surface area contributed by atoms with Gasteiger partial charge in [-0.15, -0.1) is 10.2 Å². The number of carbonyl (C=O) groups is 1.